The maximum atomic E-state index is 12.8. The van der Waals surface area contributed by atoms with Gasteiger partial charge in [-0.15, -0.1) is 0 Å². The second kappa shape index (κ2) is 6.46. The van der Waals surface area contributed by atoms with E-state index in [-0.39, 0.29) is 0 Å². The van der Waals surface area contributed by atoms with E-state index in [1.165, 1.54) is 0 Å². The SMILES string of the molecule is Cc1nn(CCN)c(C)c1S(=O)(=O)N1CCCSCC1. The number of nitrogens with two attached hydrogens (primary N) is 1. The molecule has 0 saturated carbocycles. The first-order valence-electron chi connectivity index (χ1n) is 6.80. The molecule has 0 bridgehead atoms. The fourth-order valence-electron chi connectivity index (χ4n) is 2.49. The predicted molar refractivity (Wildman–Crippen MR) is 81.5 cm³/mol. The van der Waals surface area contributed by atoms with Gasteiger partial charge in [0, 0.05) is 25.4 Å². The first kappa shape index (κ1) is 15.8. The fraction of sp³-hybridized carbons (Fsp3) is 0.750. The number of rotatable bonds is 4. The van der Waals surface area contributed by atoms with Gasteiger partial charge < -0.3 is 5.73 Å². The Balaban J connectivity index is 2.38. The average molecular weight is 318 g/mol. The van der Waals surface area contributed by atoms with Crippen molar-refractivity contribution >= 4 is 21.8 Å². The van der Waals surface area contributed by atoms with Gasteiger partial charge in [0.2, 0.25) is 10.0 Å². The highest BCUT2D eigenvalue weighted by atomic mass is 32.2. The van der Waals surface area contributed by atoms with Crippen LogP contribution in [0.2, 0.25) is 0 Å². The summed E-state index contributed by atoms with van der Waals surface area (Å²) in [4.78, 5) is 0.359. The summed E-state index contributed by atoms with van der Waals surface area (Å²) in [5.74, 6) is 1.88. The molecular weight excluding hydrogens is 296 g/mol. The van der Waals surface area contributed by atoms with Crippen molar-refractivity contribution in [2.45, 2.75) is 31.7 Å². The standard InChI is InChI=1S/C12H22N4O2S2/c1-10-12(11(2)16(14-10)6-4-13)20(17,18)15-5-3-8-19-9-7-15/h3-9,13H2,1-2H3. The van der Waals surface area contributed by atoms with Gasteiger partial charge in [0.25, 0.3) is 0 Å². The predicted octanol–water partition coefficient (Wildman–Crippen LogP) is 0.586. The molecule has 0 amide bonds. The van der Waals surface area contributed by atoms with Gasteiger partial charge in [-0.25, -0.2) is 8.42 Å². The Labute approximate surface area is 124 Å². The normalized spacial score (nSPS) is 18.1. The Kier molecular flexibility index (Phi) is 5.11. The van der Waals surface area contributed by atoms with E-state index in [4.69, 9.17) is 5.73 Å². The lowest BCUT2D eigenvalue weighted by Gasteiger charge is -2.19. The summed E-state index contributed by atoms with van der Waals surface area (Å²) in [6.07, 6.45) is 0.902. The lowest BCUT2D eigenvalue weighted by molar-refractivity contribution is 0.434. The molecule has 8 heteroatoms. The second-order valence-corrected chi connectivity index (χ2v) is 7.98. The molecule has 0 spiro atoms. The molecule has 0 aromatic carbocycles. The smallest absolute Gasteiger partial charge is 0.246 e. The molecule has 1 aromatic rings. The summed E-state index contributed by atoms with van der Waals surface area (Å²) in [5, 5.41) is 4.31. The largest absolute Gasteiger partial charge is 0.329 e. The lowest BCUT2D eigenvalue weighted by Crippen LogP contribution is -2.33. The summed E-state index contributed by atoms with van der Waals surface area (Å²) < 4.78 is 28.9. The van der Waals surface area contributed by atoms with Crippen LogP contribution in [0.3, 0.4) is 0 Å². The van der Waals surface area contributed by atoms with Crippen molar-refractivity contribution in [3.63, 3.8) is 0 Å². The molecule has 0 unspecified atom stereocenters. The van der Waals surface area contributed by atoms with E-state index >= 15 is 0 Å². The van der Waals surface area contributed by atoms with Crippen molar-refractivity contribution in [2.75, 3.05) is 31.1 Å². The molecule has 2 rings (SSSR count). The molecule has 2 N–H and O–H groups in total. The molecule has 2 heterocycles. The minimum atomic E-state index is -3.45. The van der Waals surface area contributed by atoms with Crippen LogP contribution in [-0.2, 0) is 16.6 Å². The molecule has 1 aromatic heterocycles. The van der Waals surface area contributed by atoms with E-state index in [0.29, 0.717) is 42.5 Å². The topological polar surface area (TPSA) is 81.2 Å². The first-order valence-corrected chi connectivity index (χ1v) is 9.40. The summed E-state index contributed by atoms with van der Waals surface area (Å²) in [6.45, 7) is 5.71. The van der Waals surface area contributed by atoms with Crippen LogP contribution in [0, 0.1) is 13.8 Å². The Morgan fingerprint density at radius 2 is 2.05 bits per heavy atom. The lowest BCUT2D eigenvalue weighted by atomic mass is 10.4. The maximum absolute atomic E-state index is 12.8. The van der Waals surface area contributed by atoms with E-state index in [1.807, 2.05) is 11.8 Å². The highest BCUT2D eigenvalue weighted by molar-refractivity contribution is 7.99. The first-order chi connectivity index (χ1) is 9.48. The van der Waals surface area contributed by atoms with Crippen LogP contribution in [0.5, 0.6) is 0 Å². The molecular formula is C12H22N4O2S2. The monoisotopic (exact) mass is 318 g/mol. The third-order valence-electron chi connectivity index (χ3n) is 3.44. The molecule has 114 valence electrons. The number of aryl methyl sites for hydroxylation is 1. The van der Waals surface area contributed by atoms with Crippen LogP contribution < -0.4 is 5.73 Å². The van der Waals surface area contributed by atoms with Crippen LogP contribution in [0.1, 0.15) is 17.8 Å². The summed E-state index contributed by atoms with van der Waals surface area (Å²) >= 11 is 1.81. The molecule has 1 aliphatic heterocycles. The number of hydrogen-bond donors (Lipinski definition) is 1. The van der Waals surface area contributed by atoms with Crippen LogP contribution in [0.15, 0.2) is 4.90 Å². The molecule has 1 fully saturated rings. The molecule has 1 aliphatic rings. The Hall–Kier alpha value is -0.570. The van der Waals surface area contributed by atoms with E-state index in [2.05, 4.69) is 5.10 Å². The van der Waals surface area contributed by atoms with Crippen LogP contribution in [0.25, 0.3) is 0 Å². The summed E-state index contributed by atoms with van der Waals surface area (Å²) in [7, 11) is -3.45. The van der Waals surface area contributed by atoms with Gasteiger partial charge in [-0.05, 0) is 26.0 Å². The van der Waals surface area contributed by atoms with Crippen molar-refractivity contribution in [2.24, 2.45) is 5.73 Å². The minimum absolute atomic E-state index is 0.359. The van der Waals surface area contributed by atoms with Crippen molar-refractivity contribution in [3.05, 3.63) is 11.4 Å². The molecule has 20 heavy (non-hydrogen) atoms. The maximum Gasteiger partial charge on any atom is 0.246 e. The van der Waals surface area contributed by atoms with E-state index in [9.17, 15) is 8.42 Å². The zero-order valence-corrected chi connectivity index (χ0v) is 13.6. The van der Waals surface area contributed by atoms with E-state index in [1.54, 1.807) is 22.8 Å². The fourth-order valence-corrected chi connectivity index (χ4v) is 5.34. The highest BCUT2D eigenvalue weighted by Crippen LogP contribution is 2.25. The van der Waals surface area contributed by atoms with Gasteiger partial charge in [-0.3, -0.25) is 4.68 Å². The number of hydrogen-bond acceptors (Lipinski definition) is 5. The third kappa shape index (κ3) is 3.03. The van der Waals surface area contributed by atoms with E-state index in [0.717, 1.165) is 17.9 Å². The van der Waals surface area contributed by atoms with Crippen molar-refractivity contribution < 1.29 is 8.42 Å². The van der Waals surface area contributed by atoms with Gasteiger partial charge in [-0.1, -0.05) is 0 Å². The van der Waals surface area contributed by atoms with Crippen LogP contribution >= 0.6 is 11.8 Å². The summed E-state index contributed by atoms with van der Waals surface area (Å²) in [5.41, 5.74) is 6.79. The van der Waals surface area contributed by atoms with Gasteiger partial charge in [0.1, 0.15) is 4.90 Å². The highest BCUT2D eigenvalue weighted by Gasteiger charge is 2.31. The Morgan fingerprint density at radius 1 is 1.30 bits per heavy atom. The molecule has 0 aliphatic carbocycles. The average Bonchev–Trinajstić information content (AvgIpc) is 2.61. The number of thioether (sulfide) groups is 1. The molecule has 0 atom stereocenters. The Morgan fingerprint density at radius 3 is 2.75 bits per heavy atom. The molecule has 6 nitrogen and oxygen atoms in total. The van der Waals surface area contributed by atoms with Crippen molar-refractivity contribution in [1.82, 2.24) is 14.1 Å². The minimum Gasteiger partial charge on any atom is -0.329 e. The number of sulfonamides is 1. The van der Waals surface area contributed by atoms with Crippen molar-refractivity contribution in [3.8, 4) is 0 Å². The van der Waals surface area contributed by atoms with Gasteiger partial charge in [-0.2, -0.15) is 21.2 Å². The Bertz CT molecular complexity index is 560. The van der Waals surface area contributed by atoms with Crippen molar-refractivity contribution in [1.29, 1.82) is 0 Å². The van der Waals surface area contributed by atoms with Gasteiger partial charge >= 0.3 is 0 Å². The zero-order chi connectivity index (χ0) is 14.8. The number of nitrogens with zero attached hydrogens (tertiary/aromatic N) is 3. The molecule has 0 radical (unpaired) electrons. The van der Waals surface area contributed by atoms with Crippen LogP contribution in [0.4, 0.5) is 0 Å². The van der Waals surface area contributed by atoms with Gasteiger partial charge in [0.05, 0.1) is 17.9 Å². The molecule has 1 saturated heterocycles. The quantitative estimate of drug-likeness (QED) is 0.878. The van der Waals surface area contributed by atoms with Gasteiger partial charge in [0.15, 0.2) is 0 Å². The number of aromatic nitrogens is 2. The second-order valence-electron chi connectivity index (χ2n) is 4.88. The van der Waals surface area contributed by atoms with Crippen LogP contribution in [-0.4, -0.2) is 53.6 Å². The summed E-state index contributed by atoms with van der Waals surface area (Å²) in [6, 6.07) is 0. The third-order valence-corrected chi connectivity index (χ3v) is 6.64. The van der Waals surface area contributed by atoms with E-state index < -0.39 is 10.0 Å². The zero-order valence-electron chi connectivity index (χ0n) is 12.0.